The van der Waals surface area contributed by atoms with Gasteiger partial charge in [-0.05, 0) is 42.5 Å². The highest BCUT2D eigenvalue weighted by atomic mass is 32.2. The first-order chi connectivity index (χ1) is 10.5. The summed E-state index contributed by atoms with van der Waals surface area (Å²) in [6.07, 6.45) is 1.64. The lowest BCUT2D eigenvalue weighted by Gasteiger charge is -1.98. The molecule has 3 rings (SSSR count). The molecule has 2 aliphatic heterocycles. The Bertz CT molecular complexity index is 799. The molecule has 116 valence electrons. The van der Waals surface area contributed by atoms with Crippen LogP contribution in [0.25, 0.3) is 6.08 Å². The van der Waals surface area contributed by atoms with E-state index in [-0.39, 0.29) is 23.6 Å². The molecule has 0 unspecified atom stereocenters. The van der Waals surface area contributed by atoms with Crippen LogP contribution in [-0.4, -0.2) is 32.0 Å². The molecule has 1 amide bonds. The van der Waals surface area contributed by atoms with Gasteiger partial charge in [-0.2, -0.15) is 0 Å². The van der Waals surface area contributed by atoms with Crippen molar-refractivity contribution < 1.29 is 22.7 Å². The second kappa shape index (κ2) is 5.65. The third-order valence-electron chi connectivity index (χ3n) is 2.93. The van der Waals surface area contributed by atoms with Gasteiger partial charge in [-0.25, -0.2) is 8.42 Å². The zero-order valence-electron chi connectivity index (χ0n) is 11.5. The van der Waals surface area contributed by atoms with Crippen LogP contribution in [0.5, 0.6) is 11.5 Å². The molecular weight excluding hydrogens is 328 g/mol. The van der Waals surface area contributed by atoms with E-state index in [9.17, 15) is 13.2 Å². The number of nitrogens with one attached hydrogen (secondary N) is 1. The fourth-order valence-corrected chi connectivity index (χ4v) is 3.42. The Balaban J connectivity index is 1.85. The van der Waals surface area contributed by atoms with E-state index < -0.39 is 10.0 Å². The molecule has 0 atom stereocenters. The molecule has 1 aromatic rings. The molecule has 0 aromatic heterocycles. The van der Waals surface area contributed by atoms with Crippen molar-refractivity contribution in [2.75, 3.05) is 12.5 Å². The quantitative estimate of drug-likeness (QED) is 0.834. The van der Waals surface area contributed by atoms with E-state index in [0.29, 0.717) is 16.4 Å². The van der Waals surface area contributed by atoms with Gasteiger partial charge < -0.3 is 9.47 Å². The van der Waals surface area contributed by atoms with Crippen molar-refractivity contribution in [3.8, 4) is 11.5 Å². The van der Waals surface area contributed by atoms with Crippen molar-refractivity contribution in [2.45, 2.75) is 6.92 Å². The Hall–Kier alpha value is -2.00. The van der Waals surface area contributed by atoms with Gasteiger partial charge in [0.2, 0.25) is 6.79 Å². The summed E-state index contributed by atoms with van der Waals surface area (Å²) in [7, 11) is -3.54. The van der Waals surface area contributed by atoms with Crippen molar-refractivity contribution in [2.24, 2.45) is 4.40 Å². The number of hydrogen-bond acceptors (Lipinski definition) is 6. The predicted octanol–water partition coefficient (Wildman–Crippen LogP) is 1.32. The predicted molar refractivity (Wildman–Crippen MR) is 83.2 cm³/mol. The summed E-state index contributed by atoms with van der Waals surface area (Å²) >= 11 is 0.988. The SMILES string of the molecule is CCS(=O)(=O)N=C1NC(=O)C(=Cc2ccc3c(c2)OCO3)S1. The van der Waals surface area contributed by atoms with E-state index in [2.05, 4.69) is 9.71 Å². The lowest BCUT2D eigenvalue weighted by Crippen LogP contribution is -2.21. The fourth-order valence-electron chi connectivity index (χ4n) is 1.82. The minimum absolute atomic E-state index is 0.0684. The maximum absolute atomic E-state index is 11.9. The number of benzene rings is 1. The number of ether oxygens (including phenoxy) is 2. The van der Waals surface area contributed by atoms with Gasteiger partial charge in [0.05, 0.1) is 10.7 Å². The fraction of sp³-hybridized carbons (Fsp3) is 0.231. The van der Waals surface area contributed by atoms with Gasteiger partial charge in [-0.3, -0.25) is 10.1 Å². The average Bonchev–Trinajstić information content (AvgIpc) is 3.05. The zero-order chi connectivity index (χ0) is 15.7. The van der Waals surface area contributed by atoms with Crippen LogP contribution in [0.4, 0.5) is 0 Å². The highest BCUT2D eigenvalue weighted by Crippen LogP contribution is 2.34. The molecule has 2 aliphatic rings. The smallest absolute Gasteiger partial charge is 0.264 e. The molecule has 1 saturated heterocycles. The van der Waals surface area contributed by atoms with Crippen molar-refractivity contribution in [1.29, 1.82) is 0 Å². The summed E-state index contributed by atoms with van der Waals surface area (Å²) in [6, 6.07) is 5.29. The standard InChI is InChI=1S/C13H12N2O5S2/c1-2-22(17,18)15-13-14-12(16)11(21-13)6-8-3-4-9-10(5-8)20-7-19-9/h3-6H,2,7H2,1H3,(H,14,15,16). The monoisotopic (exact) mass is 340 g/mol. The van der Waals surface area contributed by atoms with E-state index in [0.717, 1.165) is 17.3 Å². The lowest BCUT2D eigenvalue weighted by atomic mass is 10.2. The van der Waals surface area contributed by atoms with E-state index in [1.807, 2.05) is 0 Å². The largest absolute Gasteiger partial charge is 0.454 e. The summed E-state index contributed by atoms with van der Waals surface area (Å²) in [5.41, 5.74) is 0.751. The topological polar surface area (TPSA) is 94.1 Å². The van der Waals surface area contributed by atoms with Crippen molar-refractivity contribution >= 4 is 38.9 Å². The van der Waals surface area contributed by atoms with Crippen LogP contribution in [0.15, 0.2) is 27.5 Å². The van der Waals surface area contributed by atoms with E-state index in [4.69, 9.17) is 9.47 Å². The first kappa shape index (κ1) is 14.9. The van der Waals surface area contributed by atoms with Crippen LogP contribution >= 0.6 is 11.8 Å². The molecule has 1 aromatic carbocycles. The minimum atomic E-state index is -3.54. The molecule has 1 N–H and O–H groups in total. The van der Waals surface area contributed by atoms with Crippen LogP contribution < -0.4 is 14.8 Å². The van der Waals surface area contributed by atoms with Crippen LogP contribution in [-0.2, 0) is 14.8 Å². The normalized spacial score (nSPS) is 20.7. The summed E-state index contributed by atoms with van der Waals surface area (Å²) in [4.78, 5) is 12.2. The van der Waals surface area contributed by atoms with Gasteiger partial charge >= 0.3 is 0 Å². The van der Waals surface area contributed by atoms with E-state index >= 15 is 0 Å². The molecule has 0 radical (unpaired) electrons. The Labute approximate surface area is 131 Å². The molecule has 9 heteroatoms. The first-order valence-electron chi connectivity index (χ1n) is 6.40. The molecule has 1 fully saturated rings. The molecule has 22 heavy (non-hydrogen) atoms. The second-order valence-electron chi connectivity index (χ2n) is 4.44. The van der Waals surface area contributed by atoms with Gasteiger partial charge in [0, 0.05) is 0 Å². The number of amides is 1. The van der Waals surface area contributed by atoms with Gasteiger partial charge in [0.15, 0.2) is 16.7 Å². The van der Waals surface area contributed by atoms with Crippen LogP contribution in [0.1, 0.15) is 12.5 Å². The Morgan fingerprint density at radius 1 is 1.36 bits per heavy atom. The van der Waals surface area contributed by atoms with Gasteiger partial charge in [-0.15, -0.1) is 4.40 Å². The van der Waals surface area contributed by atoms with Gasteiger partial charge in [0.1, 0.15) is 0 Å². The maximum Gasteiger partial charge on any atom is 0.264 e. The summed E-state index contributed by atoms with van der Waals surface area (Å²) < 4.78 is 37.0. The second-order valence-corrected chi connectivity index (χ2v) is 7.40. The van der Waals surface area contributed by atoms with Crippen molar-refractivity contribution in [3.63, 3.8) is 0 Å². The van der Waals surface area contributed by atoms with Crippen molar-refractivity contribution in [3.05, 3.63) is 28.7 Å². The number of carbonyl (C=O) groups excluding carboxylic acids is 1. The highest BCUT2D eigenvalue weighted by Gasteiger charge is 2.25. The summed E-state index contributed by atoms with van der Waals surface area (Å²) in [6.45, 7) is 1.67. The zero-order valence-corrected chi connectivity index (χ0v) is 13.2. The first-order valence-corrected chi connectivity index (χ1v) is 8.82. The molecule has 0 saturated carbocycles. The maximum atomic E-state index is 11.9. The van der Waals surface area contributed by atoms with Crippen molar-refractivity contribution in [1.82, 2.24) is 5.32 Å². The summed E-state index contributed by atoms with van der Waals surface area (Å²) in [5.74, 6) is 0.767. The summed E-state index contributed by atoms with van der Waals surface area (Å²) in [5, 5.41) is 2.51. The third-order valence-corrected chi connectivity index (χ3v) is 5.15. The van der Waals surface area contributed by atoms with Crippen LogP contribution in [0.3, 0.4) is 0 Å². The molecular formula is C13H12N2O5S2. The van der Waals surface area contributed by atoms with E-state index in [1.165, 1.54) is 6.92 Å². The number of sulfonamides is 1. The van der Waals surface area contributed by atoms with Crippen LogP contribution in [0, 0.1) is 0 Å². The lowest BCUT2D eigenvalue weighted by molar-refractivity contribution is -0.115. The number of amidine groups is 1. The number of nitrogens with zero attached hydrogens (tertiary/aromatic N) is 1. The van der Waals surface area contributed by atoms with Gasteiger partial charge in [-0.1, -0.05) is 6.07 Å². The third kappa shape index (κ3) is 3.09. The average molecular weight is 340 g/mol. The highest BCUT2D eigenvalue weighted by molar-refractivity contribution is 8.19. The molecule has 2 heterocycles. The number of fused-ring (bicyclic) bond motifs is 1. The van der Waals surface area contributed by atoms with Crippen LogP contribution in [0.2, 0.25) is 0 Å². The number of carbonyl (C=O) groups is 1. The molecule has 0 spiro atoms. The number of rotatable bonds is 3. The molecule has 7 nitrogen and oxygen atoms in total. The Kier molecular flexibility index (Phi) is 3.83. The Morgan fingerprint density at radius 3 is 2.91 bits per heavy atom. The van der Waals surface area contributed by atoms with E-state index in [1.54, 1.807) is 24.3 Å². The Morgan fingerprint density at radius 2 is 2.14 bits per heavy atom. The van der Waals surface area contributed by atoms with Gasteiger partial charge in [0.25, 0.3) is 15.9 Å². The minimum Gasteiger partial charge on any atom is -0.454 e. The number of thioether (sulfide) groups is 1. The molecule has 0 aliphatic carbocycles. The number of hydrogen-bond donors (Lipinski definition) is 1. The molecule has 0 bridgehead atoms.